The molecule has 0 saturated heterocycles. The van der Waals surface area contributed by atoms with Crippen molar-refractivity contribution in [3.8, 4) is 0 Å². The van der Waals surface area contributed by atoms with E-state index in [1.54, 1.807) is 0 Å². The fourth-order valence-electron chi connectivity index (χ4n) is 0.568. The minimum Gasteiger partial charge on any atom is -0.264 e. The summed E-state index contributed by atoms with van der Waals surface area (Å²) in [5, 5.41) is 17.1. The van der Waals surface area contributed by atoms with E-state index >= 15 is 0 Å². The zero-order valence-corrected chi connectivity index (χ0v) is 6.71. The van der Waals surface area contributed by atoms with Gasteiger partial charge >= 0.3 is 0 Å². The summed E-state index contributed by atoms with van der Waals surface area (Å²) in [5.41, 5.74) is 0.0648. The fourth-order valence-corrected chi connectivity index (χ4v) is 1.02. The van der Waals surface area contributed by atoms with Crippen molar-refractivity contribution in [3.63, 3.8) is 0 Å². The largest absolute Gasteiger partial charge is 0.264 e. The molecule has 1 aromatic rings. The Kier molecular flexibility index (Phi) is 2.51. The minimum atomic E-state index is -0.0839. The molecule has 1 rings (SSSR count). The van der Waals surface area contributed by atoms with E-state index in [0.717, 1.165) is 0 Å². The number of hydrogen-bond acceptors (Lipinski definition) is 4. The lowest BCUT2D eigenvalue weighted by molar-refractivity contribution is 0.0291. The zero-order valence-electron chi connectivity index (χ0n) is 5.20. The lowest BCUT2D eigenvalue weighted by Crippen LogP contribution is -2.10. The quantitative estimate of drug-likeness (QED) is 0.531. The molecule has 1 heterocycles. The fraction of sp³-hybridized carbons (Fsp3) is 0. The highest BCUT2D eigenvalue weighted by atomic mass is 35.5. The molecule has 0 aromatic carbocycles. The van der Waals surface area contributed by atoms with Gasteiger partial charge in [-0.25, -0.2) is 4.98 Å². The first-order valence-corrected chi connectivity index (χ1v) is 3.36. The Morgan fingerprint density at radius 2 is 1.64 bits per heavy atom. The van der Waals surface area contributed by atoms with Crippen molar-refractivity contribution in [3.05, 3.63) is 22.4 Å². The Hall–Kier alpha value is -0.550. The van der Waals surface area contributed by atoms with Gasteiger partial charge in [0.1, 0.15) is 16.0 Å². The van der Waals surface area contributed by atoms with Crippen molar-refractivity contribution in [2.45, 2.75) is 0 Å². The molecule has 0 spiro atoms. The summed E-state index contributed by atoms with van der Waals surface area (Å²) in [6, 6.07) is 2.51. The third kappa shape index (κ3) is 2.20. The minimum absolute atomic E-state index is 0.0648. The molecule has 2 N–H and O–H groups in total. The highest BCUT2D eigenvalue weighted by molar-refractivity contribution is 6.32. The maximum atomic E-state index is 8.52. The van der Waals surface area contributed by atoms with Crippen LogP contribution < -0.4 is 5.23 Å². The van der Waals surface area contributed by atoms with E-state index in [2.05, 4.69) is 4.98 Å². The van der Waals surface area contributed by atoms with E-state index in [9.17, 15) is 0 Å². The van der Waals surface area contributed by atoms with E-state index in [4.69, 9.17) is 33.6 Å². The Bertz CT molecular complexity index is 246. The van der Waals surface area contributed by atoms with Gasteiger partial charge in [-0.15, -0.1) is 5.23 Å². The topological polar surface area (TPSA) is 56.6 Å². The van der Waals surface area contributed by atoms with Crippen LogP contribution in [-0.2, 0) is 0 Å². The van der Waals surface area contributed by atoms with Crippen LogP contribution in [-0.4, -0.2) is 15.4 Å². The van der Waals surface area contributed by atoms with Gasteiger partial charge in [0, 0.05) is 12.1 Å². The standard InChI is InChI=1S/C5H4Cl2N2O2/c6-4-1-3(9(10)11)2-5(7)8-4/h1-2,10-11H. The highest BCUT2D eigenvalue weighted by Crippen LogP contribution is 2.19. The summed E-state index contributed by atoms with van der Waals surface area (Å²) in [7, 11) is 0. The van der Waals surface area contributed by atoms with Gasteiger partial charge in [0.05, 0.1) is 0 Å². The van der Waals surface area contributed by atoms with Crippen molar-refractivity contribution in [1.29, 1.82) is 0 Å². The van der Waals surface area contributed by atoms with Crippen LogP contribution in [0.3, 0.4) is 0 Å². The molecule has 0 saturated carbocycles. The number of rotatable bonds is 1. The van der Waals surface area contributed by atoms with Crippen molar-refractivity contribution >= 4 is 28.9 Å². The summed E-state index contributed by atoms with van der Waals surface area (Å²) in [4.78, 5) is 3.60. The molecule has 4 nitrogen and oxygen atoms in total. The number of pyridine rings is 1. The molecule has 11 heavy (non-hydrogen) atoms. The van der Waals surface area contributed by atoms with Crippen molar-refractivity contribution < 1.29 is 10.4 Å². The van der Waals surface area contributed by atoms with E-state index in [1.807, 2.05) is 0 Å². The predicted molar refractivity (Wildman–Crippen MR) is 40.3 cm³/mol. The first kappa shape index (κ1) is 8.55. The van der Waals surface area contributed by atoms with E-state index in [1.165, 1.54) is 12.1 Å². The molecule has 1 aromatic heterocycles. The van der Waals surface area contributed by atoms with Crippen LogP contribution in [0.4, 0.5) is 5.69 Å². The smallest absolute Gasteiger partial charge is 0.133 e. The molecular formula is C5H4Cl2N2O2. The zero-order chi connectivity index (χ0) is 8.43. The van der Waals surface area contributed by atoms with Gasteiger partial charge in [-0.3, -0.25) is 10.4 Å². The van der Waals surface area contributed by atoms with Crippen molar-refractivity contribution in [2.75, 3.05) is 5.23 Å². The lowest BCUT2D eigenvalue weighted by atomic mass is 10.4. The van der Waals surface area contributed by atoms with E-state index in [0.29, 0.717) is 0 Å². The Morgan fingerprint density at radius 1 is 1.18 bits per heavy atom. The SMILES string of the molecule is ON(O)c1cc(Cl)nc(Cl)c1. The average molecular weight is 195 g/mol. The maximum absolute atomic E-state index is 8.52. The van der Waals surface area contributed by atoms with Crippen LogP contribution in [0.15, 0.2) is 12.1 Å². The second-order valence-electron chi connectivity index (χ2n) is 1.76. The normalized spacial score (nSPS) is 9.82. The van der Waals surface area contributed by atoms with Crippen molar-refractivity contribution in [1.82, 2.24) is 4.98 Å². The van der Waals surface area contributed by atoms with Crippen LogP contribution >= 0.6 is 23.2 Å². The Morgan fingerprint density at radius 3 is 2.00 bits per heavy atom. The summed E-state index contributed by atoms with van der Waals surface area (Å²) in [5.74, 6) is 0. The number of nitrogens with zero attached hydrogens (tertiary/aromatic N) is 2. The van der Waals surface area contributed by atoms with Crippen LogP contribution in [0.1, 0.15) is 0 Å². The maximum Gasteiger partial charge on any atom is 0.133 e. The molecule has 0 aliphatic heterocycles. The summed E-state index contributed by atoms with van der Waals surface area (Å²) < 4.78 is 0. The highest BCUT2D eigenvalue weighted by Gasteiger charge is 2.02. The Labute approximate surface area is 72.5 Å². The van der Waals surface area contributed by atoms with Gasteiger partial charge in [0.25, 0.3) is 0 Å². The van der Waals surface area contributed by atoms with Crippen LogP contribution in [0, 0.1) is 0 Å². The molecule has 0 aliphatic rings. The lowest BCUT2D eigenvalue weighted by Gasteiger charge is -2.07. The average Bonchev–Trinajstić information content (AvgIpc) is 1.85. The van der Waals surface area contributed by atoms with E-state index < -0.39 is 0 Å². The number of halogens is 2. The summed E-state index contributed by atoms with van der Waals surface area (Å²) >= 11 is 10.9. The van der Waals surface area contributed by atoms with Crippen molar-refractivity contribution in [2.24, 2.45) is 0 Å². The third-order valence-electron chi connectivity index (χ3n) is 0.979. The molecule has 0 atom stereocenters. The van der Waals surface area contributed by atoms with Gasteiger partial charge < -0.3 is 0 Å². The first-order chi connectivity index (χ1) is 5.09. The van der Waals surface area contributed by atoms with Gasteiger partial charge in [0.15, 0.2) is 0 Å². The summed E-state index contributed by atoms with van der Waals surface area (Å²) in [6.45, 7) is 0. The van der Waals surface area contributed by atoms with Crippen LogP contribution in [0.5, 0.6) is 0 Å². The second kappa shape index (κ2) is 3.23. The molecule has 0 bridgehead atoms. The van der Waals surface area contributed by atoms with Gasteiger partial charge in [-0.2, -0.15) is 0 Å². The molecule has 0 unspecified atom stereocenters. The molecule has 0 radical (unpaired) electrons. The monoisotopic (exact) mass is 194 g/mol. The molecule has 0 fully saturated rings. The first-order valence-electron chi connectivity index (χ1n) is 2.60. The number of hydrogen-bond donors (Lipinski definition) is 2. The molecule has 60 valence electrons. The van der Waals surface area contributed by atoms with Crippen LogP contribution in [0.2, 0.25) is 10.3 Å². The van der Waals surface area contributed by atoms with Crippen LogP contribution in [0.25, 0.3) is 0 Å². The molecule has 6 heteroatoms. The van der Waals surface area contributed by atoms with Gasteiger partial charge in [-0.05, 0) is 0 Å². The summed E-state index contributed by atoms with van der Waals surface area (Å²) in [6.07, 6.45) is 0. The predicted octanol–water partition coefficient (Wildman–Crippen LogP) is 1.97. The number of aromatic nitrogens is 1. The van der Waals surface area contributed by atoms with Gasteiger partial charge in [-0.1, -0.05) is 23.2 Å². The molecular weight excluding hydrogens is 191 g/mol. The molecule has 0 amide bonds. The van der Waals surface area contributed by atoms with E-state index in [-0.39, 0.29) is 21.2 Å². The second-order valence-corrected chi connectivity index (χ2v) is 2.53. The van der Waals surface area contributed by atoms with Gasteiger partial charge in [0.2, 0.25) is 0 Å². The third-order valence-corrected chi connectivity index (χ3v) is 1.37. The number of anilines is 1. The molecule has 0 aliphatic carbocycles. The Balaban J connectivity index is 3.08.